The Hall–Kier alpha value is -2.56. The Balaban J connectivity index is 2.33. The van der Waals surface area contributed by atoms with Crippen LogP contribution in [-0.4, -0.2) is 11.9 Å². The van der Waals surface area contributed by atoms with Gasteiger partial charge in [-0.25, -0.2) is 0 Å². The van der Waals surface area contributed by atoms with Crippen LogP contribution in [-0.2, 0) is 0 Å². The first-order valence-corrected chi connectivity index (χ1v) is 4.71. The average Bonchev–Trinajstić information content (AvgIpc) is 2.78. The SMILES string of the molecule is O=C([O-])c1ccc(-c2ccc(C(=O)[O-])o2)cc1. The van der Waals surface area contributed by atoms with Gasteiger partial charge in [0.05, 0.1) is 5.97 Å². The van der Waals surface area contributed by atoms with E-state index in [4.69, 9.17) is 4.42 Å². The van der Waals surface area contributed by atoms with Crippen LogP contribution >= 0.6 is 0 Å². The minimum absolute atomic E-state index is 0.0421. The van der Waals surface area contributed by atoms with E-state index in [1.54, 1.807) is 0 Å². The van der Waals surface area contributed by atoms with E-state index in [0.29, 0.717) is 11.3 Å². The first-order chi connectivity index (χ1) is 8.08. The van der Waals surface area contributed by atoms with Crippen molar-refractivity contribution in [3.8, 4) is 11.3 Å². The van der Waals surface area contributed by atoms with Crippen LogP contribution in [0.15, 0.2) is 40.8 Å². The fourth-order valence-corrected chi connectivity index (χ4v) is 1.37. The summed E-state index contributed by atoms with van der Waals surface area (Å²) in [6.45, 7) is 0. The summed E-state index contributed by atoms with van der Waals surface area (Å²) < 4.78 is 5.01. The van der Waals surface area contributed by atoms with Gasteiger partial charge in [-0.05, 0) is 17.7 Å². The Labute approximate surface area is 95.9 Å². The molecule has 0 aliphatic heterocycles. The van der Waals surface area contributed by atoms with Gasteiger partial charge in [0.25, 0.3) is 0 Å². The molecule has 17 heavy (non-hydrogen) atoms. The molecule has 0 radical (unpaired) electrons. The van der Waals surface area contributed by atoms with E-state index in [9.17, 15) is 19.8 Å². The molecule has 0 aliphatic rings. The summed E-state index contributed by atoms with van der Waals surface area (Å²) in [6, 6.07) is 8.46. The first kappa shape index (κ1) is 10.9. The summed E-state index contributed by atoms with van der Waals surface area (Å²) in [4.78, 5) is 21.0. The third-order valence-electron chi connectivity index (χ3n) is 2.21. The van der Waals surface area contributed by atoms with Crippen LogP contribution in [0.1, 0.15) is 20.9 Å². The predicted octanol–water partition coefficient (Wildman–Crippen LogP) is -0.326. The number of carboxylic acids is 2. The van der Waals surface area contributed by atoms with Crippen molar-refractivity contribution in [3.05, 3.63) is 47.7 Å². The van der Waals surface area contributed by atoms with Gasteiger partial charge in [-0.15, -0.1) is 0 Å². The Morgan fingerprint density at radius 1 is 0.882 bits per heavy atom. The second-order valence-corrected chi connectivity index (χ2v) is 3.32. The zero-order valence-electron chi connectivity index (χ0n) is 8.51. The van der Waals surface area contributed by atoms with Gasteiger partial charge in [0.1, 0.15) is 17.5 Å². The number of aromatic carboxylic acids is 2. The first-order valence-electron chi connectivity index (χ1n) is 4.71. The van der Waals surface area contributed by atoms with E-state index in [0.717, 1.165) is 0 Å². The molecule has 0 saturated carbocycles. The lowest BCUT2D eigenvalue weighted by Crippen LogP contribution is -2.21. The zero-order chi connectivity index (χ0) is 12.4. The largest absolute Gasteiger partial charge is 0.545 e. The molecular weight excluding hydrogens is 224 g/mol. The van der Waals surface area contributed by atoms with E-state index >= 15 is 0 Å². The third-order valence-corrected chi connectivity index (χ3v) is 2.21. The van der Waals surface area contributed by atoms with Gasteiger partial charge < -0.3 is 24.2 Å². The molecule has 5 heteroatoms. The average molecular weight is 230 g/mol. The monoisotopic (exact) mass is 230 g/mol. The summed E-state index contributed by atoms with van der Waals surface area (Å²) >= 11 is 0. The zero-order valence-corrected chi connectivity index (χ0v) is 8.51. The number of carbonyl (C=O) groups is 2. The van der Waals surface area contributed by atoms with Gasteiger partial charge in [0.2, 0.25) is 0 Å². The normalized spacial score (nSPS) is 10.1. The molecule has 0 aliphatic carbocycles. The summed E-state index contributed by atoms with van der Waals surface area (Å²) in [7, 11) is 0. The fraction of sp³-hybridized carbons (Fsp3) is 0. The van der Waals surface area contributed by atoms with Crippen molar-refractivity contribution >= 4 is 11.9 Å². The van der Waals surface area contributed by atoms with Crippen molar-refractivity contribution in [2.24, 2.45) is 0 Å². The third kappa shape index (κ3) is 2.17. The molecule has 0 atom stereocenters. The number of carboxylic acid groups (broad SMARTS) is 2. The van der Waals surface area contributed by atoms with Crippen LogP contribution in [0.3, 0.4) is 0 Å². The summed E-state index contributed by atoms with van der Waals surface area (Å²) in [5.74, 6) is -2.62. The van der Waals surface area contributed by atoms with E-state index in [-0.39, 0.29) is 11.3 Å². The molecule has 0 unspecified atom stereocenters. The van der Waals surface area contributed by atoms with Gasteiger partial charge in [0, 0.05) is 5.56 Å². The Kier molecular flexibility index (Phi) is 2.66. The van der Waals surface area contributed by atoms with Gasteiger partial charge in [0.15, 0.2) is 0 Å². The molecule has 86 valence electrons. The highest BCUT2D eigenvalue weighted by Gasteiger charge is 2.05. The Bertz CT molecular complexity index is 565. The van der Waals surface area contributed by atoms with E-state index in [1.807, 2.05) is 0 Å². The molecule has 0 bridgehead atoms. The molecule has 5 nitrogen and oxygen atoms in total. The number of carbonyl (C=O) groups excluding carboxylic acids is 2. The fourth-order valence-electron chi connectivity index (χ4n) is 1.37. The summed E-state index contributed by atoms with van der Waals surface area (Å²) in [5, 5.41) is 21.0. The lowest BCUT2D eigenvalue weighted by Gasteiger charge is -2.03. The van der Waals surface area contributed by atoms with Gasteiger partial charge in [-0.3, -0.25) is 0 Å². The molecule has 0 saturated heterocycles. The van der Waals surface area contributed by atoms with Crippen LogP contribution in [0, 0.1) is 0 Å². The number of rotatable bonds is 3. The lowest BCUT2D eigenvalue weighted by atomic mass is 10.1. The molecule has 0 spiro atoms. The standard InChI is InChI=1S/C12H8O5/c13-11(14)8-3-1-7(2-4-8)9-5-6-10(17-9)12(15)16/h1-6H,(H,13,14)(H,15,16)/p-2. The van der Waals surface area contributed by atoms with Crippen LogP contribution in [0.5, 0.6) is 0 Å². The summed E-state index contributed by atoms with van der Waals surface area (Å²) in [6.07, 6.45) is 0. The van der Waals surface area contributed by atoms with Crippen LogP contribution < -0.4 is 10.2 Å². The van der Waals surface area contributed by atoms with E-state index in [2.05, 4.69) is 0 Å². The molecule has 2 rings (SSSR count). The highest BCUT2D eigenvalue weighted by atomic mass is 16.4. The molecular formula is C12H6O5-2. The maximum Gasteiger partial charge on any atom is 0.150 e. The Morgan fingerprint density at radius 3 is 2.00 bits per heavy atom. The van der Waals surface area contributed by atoms with Crippen molar-refractivity contribution in [1.82, 2.24) is 0 Å². The smallest absolute Gasteiger partial charge is 0.150 e. The van der Waals surface area contributed by atoms with Gasteiger partial charge in [-0.1, -0.05) is 24.3 Å². The number of hydrogen-bond donors (Lipinski definition) is 0. The molecule has 0 fully saturated rings. The van der Waals surface area contributed by atoms with Gasteiger partial charge in [-0.2, -0.15) is 0 Å². The van der Waals surface area contributed by atoms with Crippen molar-refractivity contribution in [3.63, 3.8) is 0 Å². The topological polar surface area (TPSA) is 93.4 Å². The number of furan rings is 1. The van der Waals surface area contributed by atoms with Crippen molar-refractivity contribution in [1.29, 1.82) is 0 Å². The quantitative estimate of drug-likeness (QED) is 0.719. The second kappa shape index (κ2) is 4.13. The lowest BCUT2D eigenvalue weighted by molar-refractivity contribution is -0.257. The molecule has 0 amide bonds. The molecule has 0 N–H and O–H groups in total. The van der Waals surface area contributed by atoms with Crippen LogP contribution in [0.2, 0.25) is 0 Å². The van der Waals surface area contributed by atoms with Crippen molar-refractivity contribution < 1.29 is 24.2 Å². The highest BCUT2D eigenvalue weighted by molar-refractivity contribution is 5.86. The number of hydrogen-bond acceptors (Lipinski definition) is 5. The van der Waals surface area contributed by atoms with Crippen molar-refractivity contribution in [2.45, 2.75) is 0 Å². The minimum Gasteiger partial charge on any atom is -0.545 e. The molecule has 1 aromatic carbocycles. The van der Waals surface area contributed by atoms with E-state index < -0.39 is 11.9 Å². The van der Waals surface area contributed by atoms with E-state index in [1.165, 1.54) is 36.4 Å². The Morgan fingerprint density at radius 2 is 1.53 bits per heavy atom. The highest BCUT2D eigenvalue weighted by Crippen LogP contribution is 2.22. The molecule has 1 aromatic heterocycles. The second-order valence-electron chi connectivity index (χ2n) is 3.32. The maximum atomic E-state index is 10.5. The molecule has 1 heterocycles. The molecule has 2 aromatic rings. The minimum atomic E-state index is -1.40. The van der Waals surface area contributed by atoms with Crippen molar-refractivity contribution in [2.75, 3.05) is 0 Å². The van der Waals surface area contributed by atoms with Crippen LogP contribution in [0.25, 0.3) is 11.3 Å². The summed E-state index contributed by atoms with van der Waals surface area (Å²) in [5.41, 5.74) is 0.614. The predicted molar refractivity (Wildman–Crippen MR) is 52.8 cm³/mol. The van der Waals surface area contributed by atoms with Gasteiger partial charge >= 0.3 is 0 Å². The maximum absolute atomic E-state index is 10.5. The van der Waals surface area contributed by atoms with Crippen LogP contribution in [0.4, 0.5) is 0 Å². The number of benzene rings is 1.